The second kappa shape index (κ2) is 8.72. The molecular formula is C13H16F2N2O4. The van der Waals surface area contributed by atoms with Crippen molar-refractivity contribution in [3.05, 3.63) is 29.8 Å². The Morgan fingerprint density at radius 1 is 1.24 bits per heavy atom. The van der Waals surface area contributed by atoms with Gasteiger partial charge in [-0.3, -0.25) is 4.79 Å². The molecule has 21 heavy (non-hydrogen) atoms. The number of esters is 1. The van der Waals surface area contributed by atoms with E-state index in [1.165, 1.54) is 6.07 Å². The van der Waals surface area contributed by atoms with Gasteiger partial charge >= 0.3 is 18.6 Å². The van der Waals surface area contributed by atoms with Crippen molar-refractivity contribution in [2.75, 3.05) is 13.2 Å². The van der Waals surface area contributed by atoms with Crippen LogP contribution in [0.25, 0.3) is 0 Å². The average Bonchev–Trinajstić information content (AvgIpc) is 2.44. The molecule has 1 aromatic carbocycles. The van der Waals surface area contributed by atoms with Gasteiger partial charge in [0.05, 0.1) is 6.61 Å². The number of carbonyl (C=O) groups is 2. The Labute approximate surface area is 120 Å². The molecule has 0 aromatic heterocycles. The Morgan fingerprint density at radius 3 is 2.62 bits per heavy atom. The summed E-state index contributed by atoms with van der Waals surface area (Å²) < 4.78 is 33.4. The van der Waals surface area contributed by atoms with E-state index in [1.54, 1.807) is 25.1 Å². The normalized spacial score (nSPS) is 10.1. The molecule has 0 bridgehead atoms. The highest BCUT2D eigenvalue weighted by molar-refractivity contribution is 5.80. The van der Waals surface area contributed by atoms with E-state index in [0.717, 1.165) is 0 Å². The van der Waals surface area contributed by atoms with Crippen molar-refractivity contribution < 1.29 is 27.8 Å². The first-order valence-corrected chi connectivity index (χ1v) is 6.23. The fourth-order valence-corrected chi connectivity index (χ4v) is 1.46. The zero-order valence-corrected chi connectivity index (χ0v) is 11.4. The summed E-state index contributed by atoms with van der Waals surface area (Å²) in [7, 11) is 0. The van der Waals surface area contributed by atoms with Crippen LogP contribution in [0.15, 0.2) is 24.3 Å². The standard InChI is InChI=1S/C13H16F2N2O4/c1-2-20-11(18)8-17-13(19)16-7-9-5-3-4-6-10(9)21-12(14)15/h3-6,12H,2,7-8H2,1H3,(H2,16,17,19). The van der Waals surface area contributed by atoms with Gasteiger partial charge in [0, 0.05) is 12.1 Å². The molecule has 0 radical (unpaired) electrons. The Morgan fingerprint density at radius 2 is 1.95 bits per heavy atom. The summed E-state index contributed by atoms with van der Waals surface area (Å²) in [5.74, 6) is -0.577. The maximum absolute atomic E-state index is 12.2. The van der Waals surface area contributed by atoms with E-state index in [1.807, 2.05) is 0 Å². The molecule has 116 valence electrons. The van der Waals surface area contributed by atoms with Gasteiger partial charge in [0.2, 0.25) is 0 Å². The van der Waals surface area contributed by atoms with Crippen LogP contribution in [-0.4, -0.2) is 31.8 Å². The quantitative estimate of drug-likeness (QED) is 0.751. The molecule has 0 fully saturated rings. The lowest BCUT2D eigenvalue weighted by Crippen LogP contribution is -2.38. The van der Waals surface area contributed by atoms with Crippen molar-refractivity contribution in [3.63, 3.8) is 0 Å². The van der Waals surface area contributed by atoms with Crippen LogP contribution >= 0.6 is 0 Å². The van der Waals surface area contributed by atoms with Crippen molar-refractivity contribution in [1.29, 1.82) is 0 Å². The number of halogens is 2. The highest BCUT2D eigenvalue weighted by Crippen LogP contribution is 2.19. The maximum Gasteiger partial charge on any atom is 0.387 e. The monoisotopic (exact) mass is 302 g/mol. The molecule has 0 unspecified atom stereocenters. The maximum atomic E-state index is 12.2. The van der Waals surface area contributed by atoms with Crippen LogP contribution in [-0.2, 0) is 16.1 Å². The van der Waals surface area contributed by atoms with Crippen LogP contribution in [0.4, 0.5) is 13.6 Å². The van der Waals surface area contributed by atoms with E-state index in [-0.39, 0.29) is 25.4 Å². The second-order valence-corrected chi connectivity index (χ2v) is 3.83. The molecule has 1 rings (SSSR count). The zero-order valence-electron chi connectivity index (χ0n) is 11.4. The summed E-state index contributed by atoms with van der Waals surface area (Å²) in [5, 5.41) is 4.71. The van der Waals surface area contributed by atoms with Crippen LogP contribution in [0.1, 0.15) is 12.5 Å². The van der Waals surface area contributed by atoms with Crippen LogP contribution in [0, 0.1) is 0 Å². The van der Waals surface area contributed by atoms with Crippen molar-refractivity contribution in [2.45, 2.75) is 20.1 Å². The second-order valence-electron chi connectivity index (χ2n) is 3.83. The molecular weight excluding hydrogens is 286 g/mol. The average molecular weight is 302 g/mol. The minimum atomic E-state index is -2.94. The van der Waals surface area contributed by atoms with E-state index in [0.29, 0.717) is 5.56 Å². The number of hydrogen-bond acceptors (Lipinski definition) is 4. The Kier molecular flexibility index (Phi) is 6.93. The van der Waals surface area contributed by atoms with Crippen LogP contribution in [0.5, 0.6) is 5.75 Å². The summed E-state index contributed by atoms with van der Waals surface area (Å²) in [5.41, 5.74) is 0.393. The van der Waals surface area contributed by atoms with Crippen molar-refractivity contribution in [3.8, 4) is 5.75 Å². The van der Waals surface area contributed by atoms with E-state index in [2.05, 4.69) is 20.1 Å². The molecule has 0 aliphatic heterocycles. The summed E-state index contributed by atoms with van der Waals surface area (Å²) in [6.07, 6.45) is 0. The van der Waals surface area contributed by atoms with E-state index < -0.39 is 18.6 Å². The Bertz CT molecular complexity index is 483. The minimum absolute atomic E-state index is 0.0156. The summed E-state index contributed by atoms with van der Waals surface area (Å²) in [6, 6.07) is 5.48. The van der Waals surface area contributed by atoms with E-state index >= 15 is 0 Å². The first-order chi connectivity index (χ1) is 10.0. The molecule has 0 saturated heterocycles. The van der Waals surface area contributed by atoms with Gasteiger partial charge in [-0.25, -0.2) is 4.79 Å². The number of nitrogens with one attached hydrogen (secondary N) is 2. The fourth-order valence-electron chi connectivity index (χ4n) is 1.46. The highest BCUT2D eigenvalue weighted by atomic mass is 19.3. The number of para-hydroxylation sites is 1. The number of amides is 2. The zero-order chi connectivity index (χ0) is 15.7. The molecule has 0 heterocycles. The lowest BCUT2D eigenvalue weighted by atomic mass is 10.2. The molecule has 0 saturated carbocycles. The summed E-state index contributed by atoms with van der Waals surface area (Å²) >= 11 is 0. The van der Waals surface area contributed by atoms with Crippen molar-refractivity contribution in [1.82, 2.24) is 10.6 Å². The predicted octanol–water partition coefficient (Wildman–Crippen LogP) is 1.65. The van der Waals surface area contributed by atoms with Gasteiger partial charge in [-0.05, 0) is 13.0 Å². The first kappa shape index (κ1) is 16.7. The number of rotatable bonds is 7. The third-order valence-electron chi connectivity index (χ3n) is 2.33. The minimum Gasteiger partial charge on any atom is -0.465 e. The first-order valence-electron chi connectivity index (χ1n) is 6.23. The number of alkyl halides is 2. The topological polar surface area (TPSA) is 76.7 Å². The summed E-state index contributed by atoms with van der Waals surface area (Å²) in [4.78, 5) is 22.5. The van der Waals surface area contributed by atoms with Crippen LogP contribution < -0.4 is 15.4 Å². The SMILES string of the molecule is CCOC(=O)CNC(=O)NCc1ccccc1OC(F)F. The van der Waals surface area contributed by atoms with Gasteiger partial charge in [-0.2, -0.15) is 8.78 Å². The van der Waals surface area contributed by atoms with E-state index in [4.69, 9.17) is 0 Å². The number of hydrogen-bond donors (Lipinski definition) is 2. The van der Waals surface area contributed by atoms with E-state index in [9.17, 15) is 18.4 Å². The van der Waals surface area contributed by atoms with Gasteiger partial charge in [-0.1, -0.05) is 18.2 Å². The number of carbonyl (C=O) groups excluding carboxylic acids is 2. The predicted molar refractivity (Wildman–Crippen MR) is 69.9 cm³/mol. The lowest BCUT2D eigenvalue weighted by molar-refractivity contribution is -0.141. The molecule has 0 aliphatic rings. The van der Waals surface area contributed by atoms with Crippen molar-refractivity contribution >= 4 is 12.0 Å². The van der Waals surface area contributed by atoms with Gasteiger partial charge in [0.25, 0.3) is 0 Å². The third kappa shape index (κ3) is 6.55. The molecule has 2 N–H and O–H groups in total. The fraction of sp³-hybridized carbons (Fsp3) is 0.385. The Balaban J connectivity index is 2.44. The van der Waals surface area contributed by atoms with Gasteiger partial charge in [0.1, 0.15) is 12.3 Å². The van der Waals surface area contributed by atoms with Crippen LogP contribution in [0.2, 0.25) is 0 Å². The molecule has 0 aliphatic carbocycles. The number of ether oxygens (including phenoxy) is 2. The molecule has 1 aromatic rings. The summed E-state index contributed by atoms with van der Waals surface area (Å²) in [6.45, 7) is -1.35. The smallest absolute Gasteiger partial charge is 0.387 e. The molecule has 8 heteroatoms. The van der Waals surface area contributed by atoms with Gasteiger partial charge in [0.15, 0.2) is 0 Å². The molecule has 6 nitrogen and oxygen atoms in total. The lowest BCUT2D eigenvalue weighted by Gasteiger charge is -2.11. The third-order valence-corrected chi connectivity index (χ3v) is 2.33. The van der Waals surface area contributed by atoms with Gasteiger partial charge in [-0.15, -0.1) is 0 Å². The van der Waals surface area contributed by atoms with Gasteiger partial charge < -0.3 is 20.1 Å². The highest BCUT2D eigenvalue weighted by Gasteiger charge is 2.10. The molecule has 2 amide bonds. The Hall–Kier alpha value is -2.38. The number of urea groups is 1. The van der Waals surface area contributed by atoms with Crippen molar-refractivity contribution in [2.24, 2.45) is 0 Å². The molecule has 0 spiro atoms. The number of benzene rings is 1. The molecule has 0 atom stereocenters. The largest absolute Gasteiger partial charge is 0.465 e. The van der Waals surface area contributed by atoms with Crippen LogP contribution in [0.3, 0.4) is 0 Å².